The normalized spacial score (nSPS) is 9.20. The van der Waals surface area contributed by atoms with Gasteiger partial charge in [0.2, 0.25) is 0 Å². The van der Waals surface area contributed by atoms with Gasteiger partial charge in [0.15, 0.2) is 0 Å². The molecule has 1 rings (SSSR count). The van der Waals surface area contributed by atoms with Crippen molar-refractivity contribution in [3.63, 3.8) is 0 Å². The fourth-order valence-electron chi connectivity index (χ4n) is 0.706. The molecule has 0 saturated heterocycles. The average molecular weight is 135 g/mol. The Hall–Kier alpha value is -1.44. The van der Waals surface area contributed by atoms with E-state index in [0.29, 0.717) is 5.70 Å². The molecule has 0 aliphatic heterocycles. The van der Waals surface area contributed by atoms with E-state index in [1.54, 1.807) is 24.3 Å². The topological polar surface area (TPSA) is 46.2 Å². The zero-order chi connectivity index (χ0) is 7.56. The molecule has 0 bridgehead atoms. The van der Waals surface area contributed by atoms with Crippen molar-refractivity contribution >= 4 is 5.70 Å². The molecule has 0 fully saturated rings. The van der Waals surface area contributed by atoms with Gasteiger partial charge in [-0.1, -0.05) is 18.7 Å². The summed E-state index contributed by atoms with van der Waals surface area (Å²) >= 11 is 0. The van der Waals surface area contributed by atoms with Gasteiger partial charge in [0.1, 0.15) is 5.75 Å². The maximum absolute atomic E-state index is 8.97. The second-order valence-electron chi connectivity index (χ2n) is 2.08. The summed E-state index contributed by atoms with van der Waals surface area (Å²) in [5.74, 6) is 0.212. The molecule has 0 amide bonds. The zero-order valence-corrected chi connectivity index (χ0v) is 5.54. The highest BCUT2D eigenvalue weighted by Crippen LogP contribution is 2.13. The summed E-state index contributed by atoms with van der Waals surface area (Å²) < 4.78 is 0. The van der Waals surface area contributed by atoms with Crippen molar-refractivity contribution < 1.29 is 5.11 Å². The van der Waals surface area contributed by atoms with Crippen molar-refractivity contribution in [2.45, 2.75) is 0 Å². The van der Waals surface area contributed by atoms with Gasteiger partial charge in [0.05, 0.1) is 0 Å². The van der Waals surface area contributed by atoms with E-state index >= 15 is 0 Å². The first-order valence-electron chi connectivity index (χ1n) is 2.94. The molecule has 10 heavy (non-hydrogen) atoms. The molecule has 0 radical (unpaired) electrons. The SMILES string of the molecule is C=C(N)c1cccc(O)c1. The Labute approximate surface area is 59.6 Å². The van der Waals surface area contributed by atoms with E-state index in [-0.39, 0.29) is 5.75 Å². The minimum atomic E-state index is 0.212. The number of nitrogens with two attached hydrogens (primary N) is 1. The lowest BCUT2D eigenvalue weighted by atomic mass is 10.2. The van der Waals surface area contributed by atoms with Crippen LogP contribution in [-0.2, 0) is 0 Å². The van der Waals surface area contributed by atoms with Crippen LogP contribution in [-0.4, -0.2) is 5.11 Å². The molecular weight excluding hydrogens is 126 g/mol. The van der Waals surface area contributed by atoms with Gasteiger partial charge < -0.3 is 10.8 Å². The van der Waals surface area contributed by atoms with Gasteiger partial charge in [-0.05, 0) is 12.1 Å². The van der Waals surface area contributed by atoms with Gasteiger partial charge in [-0.3, -0.25) is 0 Å². The lowest BCUT2D eigenvalue weighted by Gasteiger charge is -1.98. The van der Waals surface area contributed by atoms with E-state index in [1.165, 1.54) is 0 Å². The molecule has 2 nitrogen and oxygen atoms in total. The Morgan fingerprint density at radius 2 is 2.20 bits per heavy atom. The quantitative estimate of drug-likeness (QED) is 0.610. The third-order valence-corrected chi connectivity index (χ3v) is 1.22. The van der Waals surface area contributed by atoms with E-state index in [0.717, 1.165) is 5.56 Å². The molecule has 2 heteroatoms. The van der Waals surface area contributed by atoms with E-state index < -0.39 is 0 Å². The number of hydrogen-bond donors (Lipinski definition) is 2. The molecule has 1 aromatic carbocycles. The predicted octanol–water partition coefficient (Wildman–Crippen LogP) is 1.32. The first-order valence-corrected chi connectivity index (χ1v) is 2.94. The molecule has 3 N–H and O–H groups in total. The van der Waals surface area contributed by atoms with Crippen LogP contribution in [0.25, 0.3) is 5.70 Å². The summed E-state index contributed by atoms with van der Waals surface area (Å²) in [4.78, 5) is 0. The van der Waals surface area contributed by atoms with Crippen LogP contribution in [0.15, 0.2) is 30.8 Å². The zero-order valence-electron chi connectivity index (χ0n) is 5.54. The highest BCUT2D eigenvalue weighted by atomic mass is 16.3. The van der Waals surface area contributed by atoms with Crippen LogP contribution in [0.2, 0.25) is 0 Å². The molecule has 0 aromatic heterocycles. The van der Waals surface area contributed by atoms with Gasteiger partial charge in [-0.2, -0.15) is 0 Å². The maximum Gasteiger partial charge on any atom is 0.116 e. The standard InChI is InChI=1S/C8H9NO/c1-6(9)7-3-2-4-8(10)5-7/h2-5,10H,1,9H2. The summed E-state index contributed by atoms with van der Waals surface area (Å²) in [7, 11) is 0. The molecular formula is C8H9NO. The van der Waals surface area contributed by atoms with Crippen LogP contribution in [0.5, 0.6) is 5.75 Å². The number of phenolic OH excluding ortho intramolecular Hbond substituents is 1. The summed E-state index contributed by atoms with van der Waals surface area (Å²) in [6.45, 7) is 3.53. The van der Waals surface area contributed by atoms with E-state index in [9.17, 15) is 0 Å². The first-order chi connectivity index (χ1) is 4.70. The van der Waals surface area contributed by atoms with Gasteiger partial charge in [-0.15, -0.1) is 0 Å². The fourth-order valence-corrected chi connectivity index (χ4v) is 0.706. The van der Waals surface area contributed by atoms with E-state index in [2.05, 4.69) is 6.58 Å². The molecule has 0 spiro atoms. The summed E-state index contributed by atoms with van der Waals surface area (Å²) in [6, 6.07) is 6.68. The predicted molar refractivity (Wildman–Crippen MR) is 41.3 cm³/mol. The fraction of sp³-hybridized carbons (Fsp3) is 0. The van der Waals surface area contributed by atoms with Crippen LogP contribution in [0.1, 0.15) is 5.56 Å². The number of benzene rings is 1. The van der Waals surface area contributed by atoms with Crippen molar-refractivity contribution in [1.29, 1.82) is 0 Å². The molecule has 0 saturated carbocycles. The van der Waals surface area contributed by atoms with Crippen LogP contribution in [0, 0.1) is 0 Å². The molecule has 0 aliphatic carbocycles. The van der Waals surface area contributed by atoms with Crippen molar-refractivity contribution in [2.24, 2.45) is 5.73 Å². The smallest absolute Gasteiger partial charge is 0.116 e. The highest BCUT2D eigenvalue weighted by Gasteiger charge is 1.92. The van der Waals surface area contributed by atoms with Gasteiger partial charge >= 0.3 is 0 Å². The monoisotopic (exact) mass is 135 g/mol. The molecule has 0 atom stereocenters. The summed E-state index contributed by atoms with van der Waals surface area (Å²) in [5.41, 5.74) is 6.61. The molecule has 1 aromatic rings. The van der Waals surface area contributed by atoms with Crippen molar-refractivity contribution in [1.82, 2.24) is 0 Å². The summed E-state index contributed by atoms with van der Waals surface area (Å²) in [6.07, 6.45) is 0. The minimum Gasteiger partial charge on any atom is -0.508 e. The number of phenols is 1. The number of aromatic hydroxyl groups is 1. The molecule has 0 unspecified atom stereocenters. The van der Waals surface area contributed by atoms with E-state index in [1.807, 2.05) is 0 Å². The Morgan fingerprint density at radius 1 is 1.50 bits per heavy atom. The largest absolute Gasteiger partial charge is 0.508 e. The van der Waals surface area contributed by atoms with Gasteiger partial charge in [0.25, 0.3) is 0 Å². The number of rotatable bonds is 1. The molecule has 0 aliphatic rings. The highest BCUT2D eigenvalue weighted by molar-refractivity contribution is 5.61. The van der Waals surface area contributed by atoms with Crippen LogP contribution in [0.3, 0.4) is 0 Å². The second kappa shape index (κ2) is 2.43. The minimum absolute atomic E-state index is 0.212. The molecule has 52 valence electrons. The van der Waals surface area contributed by atoms with Crippen LogP contribution >= 0.6 is 0 Å². The average Bonchev–Trinajstić information content (AvgIpc) is 1.88. The first kappa shape index (κ1) is 6.68. The Balaban J connectivity index is 3.07. The Bertz CT molecular complexity index is 255. The third kappa shape index (κ3) is 1.29. The van der Waals surface area contributed by atoms with Crippen LogP contribution < -0.4 is 5.73 Å². The van der Waals surface area contributed by atoms with Crippen molar-refractivity contribution in [2.75, 3.05) is 0 Å². The maximum atomic E-state index is 8.97. The van der Waals surface area contributed by atoms with Gasteiger partial charge in [-0.25, -0.2) is 0 Å². The number of hydrogen-bond acceptors (Lipinski definition) is 2. The van der Waals surface area contributed by atoms with Crippen LogP contribution in [0.4, 0.5) is 0 Å². The lowest BCUT2D eigenvalue weighted by Crippen LogP contribution is -1.92. The second-order valence-corrected chi connectivity index (χ2v) is 2.08. The lowest BCUT2D eigenvalue weighted by molar-refractivity contribution is 0.475. The summed E-state index contributed by atoms with van der Waals surface area (Å²) in [5, 5.41) is 8.97. The van der Waals surface area contributed by atoms with Gasteiger partial charge in [0, 0.05) is 11.3 Å². The Kier molecular flexibility index (Phi) is 1.63. The Morgan fingerprint density at radius 3 is 2.60 bits per heavy atom. The van der Waals surface area contributed by atoms with Crippen molar-refractivity contribution in [3.05, 3.63) is 36.4 Å². The van der Waals surface area contributed by atoms with E-state index in [4.69, 9.17) is 10.8 Å². The third-order valence-electron chi connectivity index (χ3n) is 1.22. The van der Waals surface area contributed by atoms with Crippen molar-refractivity contribution in [3.8, 4) is 5.75 Å². The molecule has 0 heterocycles.